The zero-order valence-corrected chi connectivity index (χ0v) is 10.4. The van der Waals surface area contributed by atoms with E-state index in [-0.39, 0.29) is 0 Å². The summed E-state index contributed by atoms with van der Waals surface area (Å²) in [7, 11) is 0. The average Bonchev–Trinajstić information content (AvgIpc) is 2.60. The van der Waals surface area contributed by atoms with E-state index in [2.05, 4.69) is 54.6 Å². The average molecular weight is 238 g/mol. The van der Waals surface area contributed by atoms with Crippen LogP contribution in [0.4, 0.5) is 0 Å². The second-order valence-electron chi connectivity index (χ2n) is 4.91. The summed E-state index contributed by atoms with van der Waals surface area (Å²) >= 11 is 0. The molecule has 0 aliphatic carbocycles. The number of nitrogens with zero attached hydrogens (tertiary/aromatic N) is 1. The first-order valence-corrected chi connectivity index (χ1v) is 6.47. The summed E-state index contributed by atoms with van der Waals surface area (Å²) in [6.07, 6.45) is 1.04. The van der Waals surface area contributed by atoms with Crippen molar-refractivity contribution in [3.05, 3.63) is 71.3 Å². The van der Waals surface area contributed by atoms with Gasteiger partial charge in [-0.25, -0.2) is 5.01 Å². The Morgan fingerprint density at radius 1 is 0.944 bits per heavy atom. The summed E-state index contributed by atoms with van der Waals surface area (Å²) < 4.78 is 0. The van der Waals surface area contributed by atoms with Gasteiger partial charge in [0, 0.05) is 19.0 Å². The molecule has 2 heteroatoms. The Kier molecular flexibility index (Phi) is 3.13. The Morgan fingerprint density at radius 2 is 1.67 bits per heavy atom. The van der Waals surface area contributed by atoms with Crippen molar-refractivity contribution < 1.29 is 0 Å². The van der Waals surface area contributed by atoms with Crippen LogP contribution in [-0.2, 0) is 6.42 Å². The van der Waals surface area contributed by atoms with E-state index in [0.717, 1.165) is 19.5 Å². The van der Waals surface area contributed by atoms with E-state index in [0.29, 0.717) is 5.92 Å². The molecular weight excluding hydrogens is 220 g/mol. The van der Waals surface area contributed by atoms with E-state index in [1.165, 1.54) is 16.7 Å². The molecular formula is C16H18N2. The van der Waals surface area contributed by atoms with Crippen LogP contribution >= 0.6 is 0 Å². The number of hydrogen-bond donors (Lipinski definition) is 1. The van der Waals surface area contributed by atoms with Crippen LogP contribution in [0.25, 0.3) is 0 Å². The van der Waals surface area contributed by atoms with Gasteiger partial charge in [-0.3, -0.25) is 5.84 Å². The fourth-order valence-electron chi connectivity index (χ4n) is 2.76. The Labute approximate surface area is 108 Å². The van der Waals surface area contributed by atoms with Gasteiger partial charge in [-0.1, -0.05) is 54.6 Å². The highest BCUT2D eigenvalue weighted by Gasteiger charge is 2.22. The third-order valence-corrected chi connectivity index (χ3v) is 3.72. The van der Waals surface area contributed by atoms with Crippen molar-refractivity contribution in [2.75, 3.05) is 13.1 Å². The van der Waals surface area contributed by atoms with Gasteiger partial charge in [0.1, 0.15) is 0 Å². The van der Waals surface area contributed by atoms with Gasteiger partial charge in [-0.05, 0) is 23.1 Å². The fourth-order valence-corrected chi connectivity index (χ4v) is 2.76. The molecule has 92 valence electrons. The van der Waals surface area contributed by atoms with Crippen molar-refractivity contribution in [1.29, 1.82) is 0 Å². The Morgan fingerprint density at radius 3 is 2.50 bits per heavy atom. The molecule has 1 aliphatic heterocycles. The first-order chi connectivity index (χ1) is 8.84. The summed E-state index contributed by atoms with van der Waals surface area (Å²) in [5, 5.41) is 1.94. The smallest absolute Gasteiger partial charge is 0.0238 e. The minimum absolute atomic E-state index is 0.384. The van der Waals surface area contributed by atoms with E-state index in [4.69, 9.17) is 5.84 Å². The van der Waals surface area contributed by atoms with E-state index < -0.39 is 0 Å². The van der Waals surface area contributed by atoms with Gasteiger partial charge in [0.25, 0.3) is 0 Å². The summed E-state index contributed by atoms with van der Waals surface area (Å²) in [4.78, 5) is 0. The van der Waals surface area contributed by atoms with Crippen molar-refractivity contribution in [3.63, 3.8) is 0 Å². The van der Waals surface area contributed by atoms with Crippen LogP contribution in [0.2, 0.25) is 0 Å². The molecule has 2 aromatic carbocycles. The van der Waals surface area contributed by atoms with Crippen LogP contribution in [-0.4, -0.2) is 18.1 Å². The molecule has 0 spiro atoms. The third kappa shape index (κ3) is 2.17. The van der Waals surface area contributed by atoms with E-state index in [1.807, 2.05) is 5.01 Å². The fraction of sp³-hybridized carbons (Fsp3) is 0.250. The lowest BCUT2D eigenvalue weighted by Crippen LogP contribution is -2.35. The molecule has 0 amide bonds. The van der Waals surface area contributed by atoms with Gasteiger partial charge in [0.05, 0.1) is 0 Å². The first kappa shape index (κ1) is 11.5. The molecule has 3 rings (SSSR count). The highest BCUT2D eigenvalue weighted by atomic mass is 15.4. The maximum Gasteiger partial charge on any atom is 0.0238 e. The van der Waals surface area contributed by atoms with Crippen molar-refractivity contribution in [1.82, 2.24) is 5.01 Å². The van der Waals surface area contributed by atoms with Crippen molar-refractivity contribution in [2.45, 2.75) is 12.3 Å². The molecule has 18 heavy (non-hydrogen) atoms. The van der Waals surface area contributed by atoms with Gasteiger partial charge in [-0.15, -0.1) is 0 Å². The SMILES string of the molecule is NN1CCc2ccccc2C(c2ccccc2)C1. The predicted molar refractivity (Wildman–Crippen MR) is 74.2 cm³/mol. The molecule has 2 aromatic rings. The molecule has 1 unspecified atom stereocenters. The van der Waals surface area contributed by atoms with Crippen LogP contribution in [0.1, 0.15) is 22.6 Å². The van der Waals surface area contributed by atoms with Gasteiger partial charge in [0.15, 0.2) is 0 Å². The normalized spacial score (nSPS) is 20.2. The summed E-state index contributed by atoms with van der Waals surface area (Å²) in [5.74, 6) is 6.46. The topological polar surface area (TPSA) is 29.3 Å². The molecule has 0 saturated carbocycles. The lowest BCUT2D eigenvalue weighted by atomic mass is 9.88. The lowest BCUT2D eigenvalue weighted by Gasteiger charge is -2.21. The van der Waals surface area contributed by atoms with Crippen LogP contribution in [0.3, 0.4) is 0 Å². The Bertz CT molecular complexity index is 522. The summed E-state index contributed by atoms with van der Waals surface area (Å²) in [6, 6.07) is 19.4. The van der Waals surface area contributed by atoms with Crippen LogP contribution in [0.15, 0.2) is 54.6 Å². The van der Waals surface area contributed by atoms with Crippen LogP contribution in [0, 0.1) is 0 Å². The standard InChI is InChI=1S/C16H18N2/c17-18-11-10-14-8-4-5-9-15(14)16(12-18)13-6-2-1-3-7-13/h1-9,16H,10-12,17H2. The molecule has 1 aliphatic rings. The molecule has 2 nitrogen and oxygen atoms in total. The van der Waals surface area contributed by atoms with E-state index in [9.17, 15) is 0 Å². The summed E-state index contributed by atoms with van der Waals surface area (Å²) in [6.45, 7) is 1.82. The van der Waals surface area contributed by atoms with Gasteiger partial charge in [-0.2, -0.15) is 0 Å². The molecule has 0 aromatic heterocycles. The van der Waals surface area contributed by atoms with Gasteiger partial charge in [0.2, 0.25) is 0 Å². The van der Waals surface area contributed by atoms with E-state index >= 15 is 0 Å². The second-order valence-corrected chi connectivity index (χ2v) is 4.91. The van der Waals surface area contributed by atoms with Crippen molar-refractivity contribution >= 4 is 0 Å². The number of hydrazine groups is 1. The maximum absolute atomic E-state index is 6.08. The Balaban J connectivity index is 2.07. The van der Waals surface area contributed by atoms with E-state index in [1.54, 1.807) is 0 Å². The second kappa shape index (κ2) is 4.92. The highest BCUT2D eigenvalue weighted by Crippen LogP contribution is 2.30. The van der Waals surface area contributed by atoms with Crippen LogP contribution in [0.5, 0.6) is 0 Å². The number of fused-ring (bicyclic) bond motifs is 1. The Hall–Kier alpha value is -1.64. The molecule has 0 fully saturated rings. The number of hydrogen-bond acceptors (Lipinski definition) is 2. The largest absolute Gasteiger partial charge is 0.269 e. The quantitative estimate of drug-likeness (QED) is 0.774. The molecule has 0 saturated heterocycles. The van der Waals surface area contributed by atoms with Crippen LogP contribution < -0.4 is 5.84 Å². The predicted octanol–water partition coefficient (Wildman–Crippen LogP) is 2.55. The molecule has 1 heterocycles. The number of rotatable bonds is 1. The molecule has 0 radical (unpaired) electrons. The molecule has 0 bridgehead atoms. The zero-order chi connectivity index (χ0) is 12.4. The highest BCUT2D eigenvalue weighted by molar-refractivity contribution is 5.39. The third-order valence-electron chi connectivity index (χ3n) is 3.72. The van der Waals surface area contributed by atoms with Gasteiger partial charge < -0.3 is 0 Å². The van der Waals surface area contributed by atoms with Gasteiger partial charge >= 0.3 is 0 Å². The van der Waals surface area contributed by atoms with Crippen molar-refractivity contribution in [2.24, 2.45) is 5.84 Å². The van der Waals surface area contributed by atoms with Crippen molar-refractivity contribution in [3.8, 4) is 0 Å². The molecule has 1 atom stereocenters. The minimum atomic E-state index is 0.384. The first-order valence-electron chi connectivity index (χ1n) is 6.47. The number of benzene rings is 2. The minimum Gasteiger partial charge on any atom is -0.269 e. The lowest BCUT2D eigenvalue weighted by molar-refractivity contribution is 0.286. The zero-order valence-electron chi connectivity index (χ0n) is 10.4. The molecule has 2 N–H and O–H groups in total. The number of nitrogens with two attached hydrogens (primary N) is 1. The maximum atomic E-state index is 6.08. The monoisotopic (exact) mass is 238 g/mol. The summed E-state index contributed by atoms with van der Waals surface area (Å²) in [5.41, 5.74) is 4.21.